The van der Waals surface area contributed by atoms with Crippen LogP contribution in [0.15, 0.2) is 0 Å². The van der Waals surface area contributed by atoms with Crippen LogP contribution in [0.2, 0.25) is 0 Å². The predicted octanol–water partition coefficient (Wildman–Crippen LogP) is -0.0125. The molecule has 0 aliphatic rings. The number of hydrogen-bond donors (Lipinski definition) is 0. The SMILES string of the molecule is [Co].[Fe].[Nb].[Ni].[Zr]. The van der Waals surface area contributed by atoms with Crippen LogP contribution in [0.25, 0.3) is 0 Å². The van der Waals surface area contributed by atoms with Gasteiger partial charge in [0, 0.05) is 98.9 Å². The van der Waals surface area contributed by atoms with Crippen LogP contribution in [-0.2, 0) is 98.9 Å². The minimum atomic E-state index is 0. The molecule has 0 atom stereocenters. The monoisotopic (exact) mass is 356 g/mol. The summed E-state index contributed by atoms with van der Waals surface area (Å²) in [5, 5.41) is 0. The Morgan fingerprint density at radius 1 is 1.00 bits per heavy atom. The third-order valence-electron chi connectivity index (χ3n) is 0. The fraction of sp³-hybridized carbons (Fsp3) is 0. The van der Waals surface area contributed by atoms with E-state index in [4.69, 9.17) is 0 Å². The van der Waals surface area contributed by atoms with E-state index >= 15 is 0 Å². The Morgan fingerprint density at radius 2 is 1.00 bits per heavy atom. The zero-order valence-corrected chi connectivity index (χ0v) is 9.74. The van der Waals surface area contributed by atoms with E-state index in [-0.39, 0.29) is 98.9 Å². The molecule has 5 heteroatoms. The first-order chi connectivity index (χ1) is 0. The van der Waals surface area contributed by atoms with Gasteiger partial charge in [-0.15, -0.1) is 0 Å². The van der Waals surface area contributed by atoms with Crippen LogP contribution in [0.5, 0.6) is 0 Å². The van der Waals surface area contributed by atoms with Crippen molar-refractivity contribution in [2.24, 2.45) is 0 Å². The van der Waals surface area contributed by atoms with Crippen molar-refractivity contribution in [2.45, 2.75) is 0 Å². The van der Waals surface area contributed by atoms with E-state index in [9.17, 15) is 0 Å². The maximum atomic E-state index is 0. The van der Waals surface area contributed by atoms with Gasteiger partial charge in [-0.2, -0.15) is 0 Å². The van der Waals surface area contributed by atoms with Gasteiger partial charge in [-0.25, -0.2) is 0 Å². The molecule has 0 N–H and O–H groups in total. The molecule has 0 unspecified atom stereocenters. The summed E-state index contributed by atoms with van der Waals surface area (Å²) in [5.74, 6) is 0. The van der Waals surface area contributed by atoms with Crippen LogP contribution in [0.1, 0.15) is 0 Å². The summed E-state index contributed by atoms with van der Waals surface area (Å²) in [6, 6.07) is 0. The second-order valence-corrected chi connectivity index (χ2v) is 0. The Kier molecular flexibility index (Phi) is 230. The van der Waals surface area contributed by atoms with Gasteiger partial charge in [-0.05, 0) is 0 Å². The third-order valence-corrected chi connectivity index (χ3v) is 0. The van der Waals surface area contributed by atoms with E-state index in [0.717, 1.165) is 0 Å². The smallest absolute Gasteiger partial charge is 0 e. The second-order valence-electron chi connectivity index (χ2n) is 0. The maximum absolute atomic E-state index is 0. The Bertz CT molecular complexity index is 11.6. The number of rotatable bonds is 0. The van der Waals surface area contributed by atoms with Crippen molar-refractivity contribution in [2.75, 3.05) is 0 Å². The van der Waals surface area contributed by atoms with Crippen molar-refractivity contribution >= 4 is 0 Å². The summed E-state index contributed by atoms with van der Waals surface area (Å²) < 4.78 is 0. The summed E-state index contributed by atoms with van der Waals surface area (Å²) >= 11 is 0. The van der Waals surface area contributed by atoms with Gasteiger partial charge in [0.1, 0.15) is 0 Å². The van der Waals surface area contributed by atoms with E-state index in [0.29, 0.717) is 0 Å². The zero-order valence-electron chi connectivity index (χ0n) is 1.95. The average molecular weight is 358 g/mol. The van der Waals surface area contributed by atoms with Crippen LogP contribution in [0, 0.1) is 0 Å². The average Bonchev–Trinajstić information content (AvgIpc) is 0. The first-order valence-electron chi connectivity index (χ1n) is 0. The van der Waals surface area contributed by atoms with Crippen molar-refractivity contribution in [3.05, 3.63) is 0 Å². The third kappa shape index (κ3) is 19.1. The number of hydrogen-bond acceptors (Lipinski definition) is 0. The molecule has 0 saturated carbocycles. The van der Waals surface area contributed by atoms with Gasteiger partial charge in [0.2, 0.25) is 0 Å². The molecule has 0 rings (SSSR count). The molecular weight excluding hydrogens is 358 g/mol. The fourth-order valence-electron chi connectivity index (χ4n) is 0. The molecule has 5 heavy (non-hydrogen) atoms. The van der Waals surface area contributed by atoms with Crippen LogP contribution < -0.4 is 0 Å². The van der Waals surface area contributed by atoms with E-state index in [1.165, 1.54) is 0 Å². The van der Waals surface area contributed by atoms with Gasteiger partial charge in [0.25, 0.3) is 0 Å². The van der Waals surface area contributed by atoms with E-state index in [1.54, 1.807) is 0 Å². The molecule has 0 aliphatic heterocycles. The molecule has 0 heterocycles. The minimum absolute atomic E-state index is 0. The molecule has 0 aromatic carbocycles. The van der Waals surface area contributed by atoms with Gasteiger partial charge < -0.3 is 0 Å². The Morgan fingerprint density at radius 3 is 1.00 bits per heavy atom. The molecule has 36 valence electrons. The van der Waals surface area contributed by atoms with Gasteiger partial charge in [0.15, 0.2) is 0 Å². The molecule has 2 radical (unpaired) electrons. The normalized spacial score (nSPS) is 0. The molecule has 0 aliphatic carbocycles. The fourth-order valence-corrected chi connectivity index (χ4v) is 0. The van der Waals surface area contributed by atoms with Crippen molar-refractivity contribution in [3.8, 4) is 0 Å². The molecule has 0 spiro atoms. The summed E-state index contributed by atoms with van der Waals surface area (Å²) in [4.78, 5) is 0. The topological polar surface area (TPSA) is 0 Å². The maximum Gasteiger partial charge on any atom is 0 e. The van der Waals surface area contributed by atoms with Crippen LogP contribution in [-0.4, -0.2) is 0 Å². The Balaban J connectivity index is 0. The van der Waals surface area contributed by atoms with Crippen molar-refractivity contribution in [1.29, 1.82) is 0 Å². The molecule has 0 fully saturated rings. The standard InChI is InChI=1S/Co.Fe.Nb.Ni.Zr. The predicted molar refractivity (Wildman–Crippen MR) is 0 cm³/mol. The molecule has 0 aromatic rings. The van der Waals surface area contributed by atoms with Gasteiger partial charge in [-0.3, -0.25) is 0 Å². The molecular formula is CoFeNbNiZr. The van der Waals surface area contributed by atoms with Crippen LogP contribution in [0.3, 0.4) is 0 Å². The van der Waals surface area contributed by atoms with Gasteiger partial charge >= 0.3 is 0 Å². The van der Waals surface area contributed by atoms with Crippen molar-refractivity contribution in [3.63, 3.8) is 0 Å². The molecule has 0 bridgehead atoms. The van der Waals surface area contributed by atoms with E-state index in [1.807, 2.05) is 0 Å². The van der Waals surface area contributed by atoms with Gasteiger partial charge in [-0.1, -0.05) is 0 Å². The Hall–Kier alpha value is 3.14. The quantitative estimate of drug-likeness (QED) is 0.535. The summed E-state index contributed by atoms with van der Waals surface area (Å²) in [7, 11) is 0. The van der Waals surface area contributed by atoms with Crippen molar-refractivity contribution < 1.29 is 98.9 Å². The second kappa shape index (κ2) is 27.3. The molecule has 0 amide bonds. The largest absolute Gasteiger partial charge is 0 e. The molecule has 0 nitrogen and oxygen atoms in total. The summed E-state index contributed by atoms with van der Waals surface area (Å²) in [6.07, 6.45) is 0. The van der Waals surface area contributed by atoms with Crippen LogP contribution >= 0.6 is 0 Å². The Labute approximate surface area is 97.2 Å². The summed E-state index contributed by atoms with van der Waals surface area (Å²) in [5.41, 5.74) is 0. The first-order valence-corrected chi connectivity index (χ1v) is 0. The van der Waals surface area contributed by atoms with Gasteiger partial charge in [0.05, 0.1) is 0 Å². The van der Waals surface area contributed by atoms with Crippen molar-refractivity contribution in [1.82, 2.24) is 0 Å². The minimum Gasteiger partial charge on any atom is 0 e. The zero-order chi connectivity index (χ0) is 0. The summed E-state index contributed by atoms with van der Waals surface area (Å²) in [6.45, 7) is 0. The molecule has 0 aromatic heterocycles. The van der Waals surface area contributed by atoms with E-state index < -0.39 is 0 Å². The van der Waals surface area contributed by atoms with Crippen LogP contribution in [0.4, 0.5) is 0 Å². The van der Waals surface area contributed by atoms with E-state index in [2.05, 4.69) is 0 Å². The molecule has 0 saturated heterocycles. The first kappa shape index (κ1) is 42.1.